The number of carbonyl (C=O) groups excluding carboxylic acids is 2. The van der Waals surface area contributed by atoms with Gasteiger partial charge < -0.3 is 58.4 Å². The predicted octanol–water partition coefficient (Wildman–Crippen LogP) is 1.39. The minimum Gasteiger partial charge on any atom is -0.480 e. The summed E-state index contributed by atoms with van der Waals surface area (Å²) in [5.74, 6) is -1.90. The van der Waals surface area contributed by atoms with Crippen molar-refractivity contribution < 1.29 is 62.1 Å². The number of carboxylic acid groups (broad SMARTS) is 1. The first kappa shape index (κ1) is 41.1. The van der Waals surface area contributed by atoms with Gasteiger partial charge in [0.15, 0.2) is 0 Å². The Kier molecular flexibility index (Phi) is 27.5. The van der Waals surface area contributed by atoms with Gasteiger partial charge in [-0.1, -0.05) is 13.3 Å². The van der Waals surface area contributed by atoms with Gasteiger partial charge in [-0.3, -0.25) is 4.79 Å². The van der Waals surface area contributed by atoms with Gasteiger partial charge in [-0.05, 0) is 30.7 Å². The molecule has 0 spiro atoms. The van der Waals surface area contributed by atoms with Crippen molar-refractivity contribution in [3.63, 3.8) is 0 Å². The van der Waals surface area contributed by atoms with Crippen molar-refractivity contribution in [3.8, 4) is 0 Å². The second kappa shape index (κ2) is 30.7. The number of amides is 1. The molecule has 0 aliphatic rings. The molecule has 0 aliphatic carbocycles. The molecule has 264 valence electrons. The third-order valence-electron chi connectivity index (χ3n) is 5.70. The highest BCUT2D eigenvalue weighted by atomic mass is 16.6. The third-order valence-corrected chi connectivity index (χ3v) is 5.70. The zero-order valence-electron chi connectivity index (χ0n) is 27.0. The van der Waals surface area contributed by atoms with E-state index < -0.39 is 18.5 Å². The molecule has 46 heavy (non-hydrogen) atoms. The number of esters is 1. The van der Waals surface area contributed by atoms with Crippen LogP contribution in [-0.2, 0) is 52.2 Å². The van der Waals surface area contributed by atoms with Gasteiger partial charge in [-0.2, -0.15) is 0 Å². The van der Waals surface area contributed by atoms with Crippen LogP contribution >= 0.6 is 0 Å². The molecule has 1 rings (SSSR count). The molecular formula is C31H52N2O13. The SMILES string of the molecule is CCCCNc1ccc(C(=O)OCCOCCOCCOCCOCCOCCOCCOCCNC(=O)COCC(=O)O)cc1. The van der Waals surface area contributed by atoms with Crippen molar-refractivity contribution in [1.29, 1.82) is 0 Å². The number of hydrogen-bond acceptors (Lipinski definition) is 13. The number of hydrogen-bond donors (Lipinski definition) is 3. The van der Waals surface area contributed by atoms with Gasteiger partial charge in [0.05, 0.1) is 98.1 Å². The largest absolute Gasteiger partial charge is 0.480 e. The number of ether oxygens (including phenoxy) is 9. The maximum atomic E-state index is 12.1. The maximum absolute atomic E-state index is 12.1. The first-order valence-corrected chi connectivity index (χ1v) is 15.6. The fraction of sp³-hybridized carbons (Fsp3) is 0.710. The van der Waals surface area contributed by atoms with Gasteiger partial charge in [0.25, 0.3) is 0 Å². The Morgan fingerprint density at radius 1 is 0.587 bits per heavy atom. The number of rotatable bonds is 33. The lowest BCUT2D eigenvalue weighted by Crippen LogP contribution is -2.31. The normalized spacial score (nSPS) is 11.0. The summed E-state index contributed by atoms with van der Waals surface area (Å²) < 4.78 is 47.8. The van der Waals surface area contributed by atoms with Gasteiger partial charge in [-0.15, -0.1) is 0 Å². The minimum absolute atomic E-state index is 0.177. The number of carboxylic acids is 1. The Balaban J connectivity index is 1.74. The van der Waals surface area contributed by atoms with Crippen molar-refractivity contribution in [1.82, 2.24) is 5.32 Å². The fourth-order valence-corrected chi connectivity index (χ4v) is 3.38. The number of carbonyl (C=O) groups is 3. The molecular weight excluding hydrogens is 608 g/mol. The van der Waals surface area contributed by atoms with Gasteiger partial charge in [0.1, 0.15) is 19.8 Å². The lowest BCUT2D eigenvalue weighted by atomic mass is 10.2. The van der Waals surface area contributed by atoms with Crippen molar-refractivity contribution in [2.24, 2.45) is 0 Å². The second-order valence-corrected chi connectivity index (χ2v) is 9.52. The molecule has 1 aromatic carbocycles. The van der Waals surface area contributed by atoms with Crippen LogP contribution in [0, 0.1) is 0 Å². The van der Waals surface area contributed by atoms with Crippen LogP contribution in [0.3, 0.4) is 0 Å². The van der Waals surface area contributed by atoms with Crippen molar-refractivity contribution in [3.05, 3.63) is 29.8 Å². The van der Waals surface area contributed by atoms with Crippen LogP contribution in [0.2, 0.25) is 0 Å². The first-order chi connectivity index (χ1) is 22.5. The van der Waals surface area contributed by atoms with Crippen molar-refractivity contribution in [2.75, 3.05) is 131 Å². The summed E-state index contributed by atoms with van der Waals surface area (Å²) in [6, 6.07) is 7.25. The zero-order valence-corrected chi connectivity index (χ0v) is 27.0. The average molecular weight is 661 g/mol. The van der Waals surface area contributed by atoms with Crippen molar-refractivity contribution in [2.45, 2.75) is 19.8 Å². The smallest absolute Gasteiger partial charge is 0.338 e. The second-order valence-electron chi connectivity index (χ2n) is 9.52. The van der Waals surface area contributed by atoms with Gasteiger partial charge in [0, 0.05) is 18.8 Å². The van der Waals surface area contributed by atoms with Crippen LogP contribution in [0.15, 0.2) is 24.3 Å². The molecule has 0 unspecified atom stereocenters. The van der Waals surface area contributed by atoms with Crippen molar-refractivity contribution >= 4 is 23.5 Å². The monoisotopic (exact) mass is 660 g/mol. The highest BCUT2D eigenvalue weighted by Gasteiger charge is 2.07. The molecule has 3 N–H and O–H groups in total. The molecule has 15 heteroatoms. The molecule has 0 aromatic heterocycles. The maximum Gasteiger partial charge on any atom is 0.338 e. The van der Waals surface area contributed by atoms with E-state index in [-0.39, 0.29) is 19.2 Å². The number of unbranched alkanes of at least 4 members (excludes halogenated alkanes) is 1. The fourth-order valence-electron chi connectivity index (χ4n) is 3.38. The van der Waals surface area contributed by atoms with Gasteiger partial charge in [-0.25, -0.2) is 9.59 Å². The molecule has 0 heterocycles. The van der Waals surface area contributed by atoms with E-state index in [9.17, 15) is 14.4 Å². The Labute approximate surface area is 271 Å². The predicted molar refractivity (Wildman–Crippen MR) is 167 cm³/mol. The lowest BCUT2D eigenvalue weighted by Gasteiger charge is -2.09. The van der Waals surface area contributed by atoms with Gasteiger partial charge in [0.2, 0.25) is 5.91 Å². The Hall–Kier alpha value is -2.89. The van der Waals surface area contributed by atoms with Gasteiger partial charge >= 0.3 is 11.9 Å². The highest BCUT2D eigenvalue weighted by Crippen LogP contribution is 2.10. The van der Waals surface area contributed by atoms with E-state index in [4.69, 9.17) is 43.0 Å². The quantitative estimate of drug-likeness (QED) is 0.0727. The van der Waals surface area contributed by atoms with E-state index in [1.54, 1.807) is 12.1 Å². The Morgan fingerprint density at radius 3 is 1.50 bits per heavy atom. The molecule has 1 aromatic rings. The van der Waals surface area contributed by atoms with Crippen LogP contribution in [-0.4, -0.2) is 148 Å². The van der Waals surface area contributed by atoms with E-state index in [0.717, 1.165) is 25.1 Å². The summed E-state index contributed by atoms with van der Waals surface area (Å²) in [5, 5.41) is 14.3. The van der Waals surface area contributed by atoms with Crippen LogP contribution in [0.1, 0.15) is 30.1 Å². The van der Waals surface area contributed by atoms with E-state index in [2.05, 4.69) is 22.3 Å². The molecule has 0 aliphatic heterocycles. The standard InChI is InChI=1S/C31H52N2O13/c1-2-3-8-32-28-6-4-27(5-7-28)31(37)46-24-23-44-22-21-43-20-19-42-18-17-41-16-15-40-14-13-39-12-11-38-10-9-33-29(34)25-45-26-30(35)36/h4-7,32H,2-3,8-26H2,1H3,(H,33,34)(H,35,36). The molecule has 0 radical (unpaired) electrons. The zero-order chi connectivity index (χ0) is 33.3. The van der Waals surface area contributed by atoms with Crippen LogP contribution in [0.4, 0.5) is 5.69 Å². The third kappa shape index (κ3) is 26.3. The lowest BCUT2D eigenvalue weighted by molar-refractivity contribution is -0.143. The summed E-state index contributed by atoms with van der Waals surface area (Å²) in [4.78, 5) is 33.7. The molecule has 15 nitrogen and oxygen atoms in total. The van der Waals surface area contributed by atoms with E-state index in [0.29, 0.717) is 105 Å². The Bertz CT molecular complexity index is 890. The minimum atomic E-state index is -1.13. The van der Waals surface area contributed by atoms with E-state index >= 15 is 0 Å². The van der Waals surface area contributed by atoms with Crippen LogP contribution < -0.4 is 10.6 Å². The number of anilines is 1. The molecule has 0 fully saturated rings. The van der Waals surface area contributed by atoms with Crippen LogP contribution in [0.25, 0.3) is 0 Å². The molecule has 0 saturated heterocycles. The summed E-state index contributed by atoms with van der Waals surface area (Å²) in [7, 11) is 0. The summed E-state index contributed by atoms with van der Waals surface area (Å²) in [5.41, 5.74) is 1.49. The number of nitrogens with one attached hydrogen (secondary N) is 2. The van der Waals surface area contributed by atoms with E-state index in [1.165, 1.54) is 0 Å². The molecule has 1 amide bonds. The first-order valence-electron chi connectivity index (χ1n) is 15.6. The highest BCUT2D eigenvalue weighted by molar-refractivity contribution is 5.89. The topological polar surface area (TPSA) is 179 Å². The summed E-state index contributed by atoms with van der Waals surface area (Å²) in [6.45, 7) is 8.46. The average Bonchev–Trinajstić information content (AvgIpc) is 3.05. The van der Waals surface area contributed by atoms with Crippen LogP contribution in [0.5, 0.6) is 0 Å². The molecule has 0 atom stereocenters. The van der Waals surface area contributed by atoms with E-state index in [1.807, 2.05) is 12.1 Å². The Morgan fingerprint density at radius 2 is 1.04 bits per heavy atom. The number of aliphatic carboxylic acids is 1. The summed E-state index contributed by atoms with van der Waals surface area (Å²) >= 11 is 0. The molecule has 0 saturated carbocycles. The molecule has 0 bridgehead atoms. The number of benzene rings is 1. The summed E-state index contributed by atoms with van der Waals surface area (Å²) in [6.07, 6.45) is 2.23.